The minimum absolute atomic E-state index is 0.204. The molecule has 0 aliphatic rings. The normalized spacial score (nSPS) is 11.4. The Labute approximate surface area is 186 Å². The summed E-state index contributed by atoms with van der Waals surface area (Å²) < 4.78 is 10.1. The molecule has 0 saturated heterocycles. The zero-order valence-electron chi connectivity index (χ0n) is 18.9. The molecule has 3 rings (SSSR count). The molecule has 9 heteroatoms. The molecule has 3 heterocycles. The van der Waals surface area contributed by atoms with Crippen molar-refractivity contribution in [1.29, 1.82) is 0 Å². The van der Waals surface area contributed by atoms with Crippen LogP contribution in [-0.2, 0) is 22.6 Å². The zero-order chi connectivity index (χ0) is 23.3. The van der Waals surface area contributed by atoms with Gasteiger partial charge in [-0.2, -0.15) is 0 Å². The van der Waals surface area contributed by atoms with Crippen LogP contribution in [0.2, 0.25) is 0 Å². The Bertz CT molecular complexity index is 1220. The third-order valence-electron chi connectivity index (χ3n) is 5.36. The van der Waals surface area contributed by atoms with Gasteiger partial charge in [-0.15, -0.1) is 5.10 Å². The Morgan fingerprint density at radius 2 is 1.97 bits per heavy atom. The molecule has 3 aromatic heterocycles. The molecule has 0 saturated carbocycles. The highest BCUT2D eigenvalue weighted by Gasteiger charge is 2.22. The number of ether oxygens (including phenoxy) is 1. The summed E-state index contributed by atoms with van der Waals surface area (Å²) in [4.78, 5) is 37.0. The number of nitrogens with one attached hydrogen (secondary N) is 1. The Kier molecular flexibility index (Phi) is 7.29. The maximum Gasteiger partial charge on any atom is 0.350 e. The Hall–Kier alpha value is -3.62. The van der Waals surface area contributed by atoms with Gasteiger partial charge in [0.2, 0.25) is 5.91 Å². The lowest BCUT2D eigenvalue weighted by molar-refractivity contribution is -0.116. The molecule has 3 aromatic rings. The first-order valence-corrected chi connectivity index (χ1v) is 10.8. The van der Waals surface area contributed by atoms with Gasteiger partial charge in [0.05, 0.1) is 12.2 Å². The van der Waals surface area contributed by atoms with Crippen molar-refractivity contribution in [2.75, 3.05) is 13.2 Å². The molecule has 0 unspecified atom stereocenters. The van der Waals surface area contributed by atoms with Gasteiger partial charge in [0.25, 0.3) is 0 Å². The second-order valence-corrected chi connectivity index (χ2v) is 7.34. The number of aromatic nitrogens is 4. The van der Waals surface area contributed by atoms with Crippen molar-refractivity contribution < 1.29 is 14.3 Å². The maximum atomic E-state index is 12.4. The quantitative estimate of drug-likeness (QED) is 0.313. The molecule has 0 bridgehead atoms. The van der Waals surface area contributed by atoms with E-state index in [0.29, 0.717) is 42.8 Å². The van der Waals surface area contributed by atoms with Crippen LogP contribution in [0.25, 0.3) is 11.7 Å². The van der Waals surface area contributed by atoms with Crippen LogP contribution in [0.15, 0.2) is 35.3 Å². The number of carbonyl (C=O) groups excluding carboxylic acids is 2. The van der Waals surface area contributed by atoms with Gasteiger partial charge >= 0.3 is 11.7 Å². The lowest BCUT2D eigenvalue weighted by atomic mass is 10.1. The van der Waals surface area contributed by atoms with Crippen LogP contribution < -0.4 is 11.0 Å². The Morgan fingerprint density at radius 1 is 1.19 bits per heavy atom. The third kappa shape index (κ3) is 4.66. The number of hydrogen-bond donors (Lipinski definition) is 1. The van der Waals surface area contributed by atoms with Gasteiger partial charge in [-0.1, -0.05) is 6.07 Å². The molecule has 0 aromatic carbocycles. The minimum atomic E-state index is -0.391. The Morgan fingerprint density at radius 3 is 2.66 bits per heavy atom. The molecule has 0 spiro atoms. The third-order valence-corrected chi connectivity index (χ3v) is 5.36. The van der Waals surface area contributed by atoms with E-state index in [2.05, 4.69) is 10.4 Å². The monoisotopic (exact) mass is 439 g/mol. The number of rotatable bonds is 9. The average molecular weight is 440 g/mol. The van der Waals surface area contributed by atoms with Crippen LogP contribution in [0.3, 0.4) is 0 Å². The van der Waals surface area contributed by atoms with Crippen molar-refractivity contribution in [1.82, 2.24) is 24.1 Å². The second-order valence-electron chi connectivity index (χ2n) is 7.34. The van der Waals surface area contributed by atoms with E-state index in [9.17, 15) is 14.4 Å². The SMILES string of the molecule is CCOC(=O)c1c(/C=C/C(=O)NCCCn2nc3ccccn3c2=O)c(C)n(CC)c1C. The molecule has 170 valence electrons. The fraction of sp³-hybridized carbons (Fsp3) is 0.391. The molecular weight excluding hydrogens is 410 g/mol. The second kappa shape index (κ2) is 10.1. The van der Waals surface area contributed by atoms with E-state index in [4.69, 9.17) is 4.74 Å². The number of nitrogens with zero attached hydrogens (tertiary/aromatic N) is 4. The summed E-state index contributed by atoms with van der Waals surface area (Å²) >= 11 is 0. The predicted octanol–water partition coefficient (Wildman–Crippen LogP) is 2.33. The first kappa shape index (κ1) is 23.1. The summed E-state index contributed by atoms with van der Waals surface area (Å²) in [7, 11) is 0. The number of esters is 1. The number of pyridine rings is 1. The summed E-state index contributed by atoms with van der Waals surface area (Å²) in [5, 5.41) is 7.08. The molecule has 0 aliphatic carbocycles. The first-order chi connectivity index (χ1) is 15.4. The van der Waals surface area contributed by atoms with Crippen LogP contribution >= 0.6 is 0 Å². The molecule has 1 N–H and O–H groups in total. The highest BCUT2D eigenvalue weighted by molar-refractivity contribution is 5.98. The highest BCUT2D eigenvalue weighted by Crippen LogP contribution is 2.24. The van der Waals surface area contributed by atoms with Crippen molar-refractivity contribution in [3.8, 4) is 0 Å². The van der Waals surface area contributed by atoms with Crippen LogP contribution in [0.5, 0.6) is 0 Å². The van der Waals surface area contributed by atoms with Crippen molar-refractivity contribution >= 4 is 23.6 Å². The maximum absolute atomic E-state index is 12.4. The fourth-order valence-corrected chi connectivity index (χ4v) is 3.82. The zero-order valence-corrected chi connectivity index (χ0v) is 18.9. The Balaban J connectivity index is 1.62. The van der Waals surface area contributed by atoms with Gasteiger partial charge in [-0.25, -0.2) is 14.3 Å². The molecular formula is C23H29N5O4. The standard InChI is InChI=1S/C23H29N5O4/c1-5-26-16(3)18(21(17(26)4)22(30)32-6-2)11-12-20(29)24-13-9-15-28-23(31)27-14-8-7-10-19(27)25-28/h7-8,10-12,14H,5-6,9,13,15H2,1-4H3,(H,24,29)/b12-11+. The van der Waals surface area contributed by atoms with Crippen LogP contribution in [-0.4, -0.2) is 43.8 Å². The van der Waals surface area contributed by atoms with E-state index in [-0.39, 0.29) is 18.2 Å². The predicted molar refractivity (Wildman–Crippen MR) is 122 cm³/mol. The van der Waals surface area contributed by atoms with Gasteiger partial charge in [-0.05, 0) is 52.3 Å². The largest absolute Gasteiger partial charge is 0.462 e. The molecule has 0 fully saturated rings. The smallest absolute Gasteiger partial charge is 0.350 e. The summed E-state index contributed by atoms with van der Waals surface area (Å²) in [6.45, 7) is 9.35. The first-order valence-electron chi connectivity index (χ1n) is 10.8. The van der Waals surface area contributed by atoms with E-state index in [1.165, 1.54) is 15.2 Å². The highest BCUT2D eigenvalue weighted by atomic mass is 16.5. The van der Waals surface area contributed by atoms with Crippen molar-refractivity contribution in [3.05, 3.63) is 63.5 Å². The lowest BCUT2D eigenvalue weighted by Gasteiger charge is -2.05. The topological polar surface area (TPSA) is 99.6 Å². The molecule has 32 heavy (non-hydrogen) atoms. The van der Waals surface area contributed by atoms with E-state index in [0.717, 1.165) is 11.4 Å². The lowest BCUT2D eigenvalue weighted by Crippen LogP contribution is -2.26. The molecule has 0 atom stereocenters. The van der Waals surface area contributed by atoms with Crippen LogP contribution in [0.4, 0.5) is 0 Å². The van der Waals surface area contributed by atoms with E-state index in [1.54, 1.807) is 31.3 Å². The van der Waals surface area contributed by atoms with Gasteiger partial charge in [0.1, 0.15) is 0 Å². The summed E-state index contributed by atoms with van der Waals surface area (Å²) in [5.74, 6) is -0.665. The number of aryl methyl sites for hydroxylation is 1. The van der Waals surface area contributed by atoms with E-state index in [1.807, 2.05) is 31.4 Å². The minimum Gasteiger partial charge on any atom is -0.462 e. The van der Waals surface area contributed by atoms with Gasteiger partial charge in [0.15, 0.2) is 5.65 Å². The summed E-state index contributed by atoms with van der Waals surface area (Å²) in [5.41, 5.74) is 3.29. The number of carbonyl (C=O) groups is 2. The number of amides is 1. The number of hydrogen-bond acceptors (Lipinski definition) is 5. The summed E-state index contributed by atoms with van der Waals surface area (Å²) in [6.07, 6.45) is 5.31. The van der Waals surface area contributed by atoms with Crippen molar-refractivity contribution in [2.45, 2.75) is 47.2 Å². The number of fused-ring (bicyclic) bond motifs is 1. The van der Waals surface area contributed by atoms with Crippen LogP contribution in [0, 0.1) is 13.8 Å². The fourth-order valence-electron chi connectivity index (χ4n) is 3.82. The van der Waals surface area contributed by atoms with Crippen molar-refractivity contribution in [3.63, 3.8) is 0 Å². The summed E-state index contributed by atoms with van der Waals surface area (Å²) in [6, 6.07) is 5.37. The van der Waals surface area contributed by atoms with Crippen LogP contribution in [0.1, 0.15) is 47.6 Å². The molecule has 1 amide bonds. The molecule has 0 radical (unpaired) electrons. The van der Waals surface area contributed by atoms with Gasteiger partial charge in [-0.3, -0.25) is 9.20 Å². The molecule has 9 nitrogen and oxygen atoms in total. The average Bonchev–Trinajstić information content (AvgIpc) is 3.22. The van der Waals surface area contributed by atoms with E-state index >= 15 is 0 Å². The molecule has 0 aliphatic heterocycles. The van der Waals surface area contributed by atoms with Gasteiger partial charge in [0, 0.05) is 48.9 Å². The van der Waals surface area contributed by atoms with Crippen molar-refractivity contribution in [2.24, 2.45) is 0 Å². The van der Waals surface area contributed by atoms with Gasteiger partial charge < -0.3 is 14.6 Å². The van der Waals surface area contributed by atoms with E-state index < -0.39 is 5.97 Å².